The van der Waals surface area contributed by atoms with Crippen LogP contribution in [0.5, 0.6) is 0 Å². The maximum atomic E-state index is 12.4. The van der Waals surface area contributed by atoms with Gasteiger partial charge in [-0.3, -0.25) is 0 Å². The number of carbonyl (C=O) groups is 2. The lowest BCUT2D eigenvalue weighted by molar-refractivity contribution is -0.148. The van der Waals surface area contributed by atoms with Gasteiger partial charge in [0.15, 0.2) is 0 Å². The molecule has 2 heterocycles. The number of aliphatic hydroxyl groups is 1. The van der Waals surface area contributed by atoms with E-state index in [1.165, 1.54) is 0 Å². The zero-order valence-electron chi connectivity index (χ0n) is 15.7. The molecular formula is C20H26O6. The van der Waals surface area contributed by atoms with Gasteiger partial charge < -0.3 is 19.3 Å². The summed E-state index contributed by atoms with van der Waals surface area (Å²) in [5.41, 5.74) is 0.974. The van der Waals surface area contributed by atoms with Crippen molar-refractivity contribution in [1.29, 1.82) is 0 Å². The normalized spacial score (nSPS) is 42.1. The highest BCUT2D eigenvalue weighted by molar-refractivity contribution is 5.92. The van der Waals surface area contributed by atoms with Gasteiger partial charge in [0.05, 0.1) is 23.7 Å². The van der Waals surface area contributed by atoms with Gasteiger partial charge in [-0.05, 0) is 39.3 Å². The van der Waals surface area contributed by atoms with Crippen molar-refractivity contribution in [1.82, 2.24) is 0 Å². The topological polar surface area (TPSA) is 85.4 Å². The van der Waals surface area contributed by atoms with E-state index < -0.39 is 41.8 Å². The van der Waals surface area contributed by atoms with E-state index in [0.29, 0.717) is 24.0 Å². The number of esters is 2. The molecule has 142 valence electrons. The van der Waals surface area contributed by atoms with Gasteiger partial charge in [0.2, 0.25) is 0 Å². The molecule has 3 aliphatic rings. The molecule has 2 saturated heterocycles. The molecule has 0 saturated carbocycles. The molecule has 6 atom stereocenters. The Hall–Kier alpha value is -1.92. The second kappa shape index (κ2) is 6.67. The fraction of sp³-hybridized carbons (Fsp3) is 0.600. The van der Waals surface area contributed by atoms with Crippen LogP contribution in [-0.4, -0.2) is 47.1 Å². The first-order chi connectivity index (χ1) is 12.2. The van der Waals surface area contributed by atoms with Crippen molar-refractivity contribution in [3.63, 3.8) is 0 Å². The van der Waals surface area contributed by atoms with Gasteiger partial charge >= 0.3 is 11.9 Å². The summed E-state index contributed by atoms with van der Waals surface area (Å²) < 4.78 is 17.0. The number of fused-ring (bicyclic) bond motifs is 2. The molecule has 6 nitrogen and oxygen atoms in total. The lowest BCUT2D eigenvalue weighted by Gasteiger charge is -2.29. The van der Waals surface area contributed by atoms with E-state index in [1.54, 1.807) is 32.9 Å². The zero-order chi connectivity index (χ0) is 19.2. The Bertz CT molecular complexity index is 705. The standard InChI is InChI=1S/C20H26O6/c1-6-10(2)18(22)25-15-9-20(5)16(26-20)8-13(21)11(3)7-14-17(15)12(4)19(23)24-14/h6-7,13-17,21H,4,8-9H2,1-3,5H3/b10-6?,11-7+. The molecule has 26 heavy (non-hydrogen) atoms. The first-order valence-electron chi connectivity index (χ1n) is 8.94. The molecule has 0 bridgehead atoms. The minimum Gasteiger partial charge on any atom is -0.458 e. The number of hydrogen-bond acceptors (Lipinski definition) is 6. The number of hydrogen-bond donors (Lipinski definition) is 1. The van der Waals surface area contributed by atoms with Crippen LogP contribution >= 0.6 is 0 Å². The van der Waals surface area contributed by atoms with Gasteiger partial charge in [0, 0.05) is 24.0 Å². The van der Waals surface area contributed by atoms with Crippen LogP contribution in [0.15, 0.2) is 35.5 Å². The summed E-state index contributed by atoms with van der Waals surface area (Å²) in [6, 6.07) is 0. The van der Waals surface area contributed by atoms with Gasteiger partial charge in [-0.1, -0.05) is 12.7 Å². The highest BCUT2D eigenvalue weighted by atomic mass is 16.6. The summed E-state index contributed by atoms with van der Waals surface area (Å²) in [6.45, 7) is 11.0. The average molecular weight is 362 g/mol. The summed E-state index contributed by atoms with van der Waals surface area (Å²) in [7, 11) is 0. The van der Waals surface area contributed by atoms with E-state index in [-0.39, 0.29) is 11.7 Å². The highest BCUT2D eigenvalue weighted by Gasteiger charge is 2.57. The Balaban J connectivity index is 1.98. The Morgan fingerprint density at radius 2 is 2.19 bits per heavy atom. The van der Waals surface area contributed by atoms with Crippen LogP contribution in [0, 0.1) is 5.92 Å². The van der Waals surface area contributed by atoms with Crippen molar-refractivity contribution < 1.29 is 28.9 Å². The van der Waals surface area contributed by atoms with E-state index >= 15 is 0 Å². The van der Waals surface area contributed by atoms with Crippen LogP contribution in [0.4, 0.5) is 0 Å². The summed E-state index contributed by atoms with van der Waals surface area (Å²) in [5.74, 6) is -1.43. The number of aliphatic hydroxyl groups excluding tert-OH is 1. The second-order valence-corrected chi connectivity index (χ2v) is 7.62. The maximum absolute atomic E-state index is 12.4. The van der Waals surface area contributed by atoms with E-state index in [0.717, 1.165) is 0 Å². The first-order valence-corrected chi connectivity index (χ1v) is 8.94. The summed E-state index contributed by atoms with van der Waals surface area (Å²) in [5, 5.41) is 10.4. The molecule has 0 spiro atoms. The SMILES string of the molecule is C=C1C(=O)OC2/C=C(\C)C(O)CC3OC3(C)CC(OC(=O)C(C)=CC)C12. The molecule has 1 N–H and O–H groups in total. The van der Waals surface area contributed by atoms with Crippen LogP contribution in [0.1, 0.15) is 40.5 Å². The molecule has 6 heteroatoms. The average Bonchev–Trinajstić information content (AvgIpc) is 3.11. The van der Waals surface area contributed by atoms with Crippen molar-refractivity contribution in [2.45, 2.75) is 70.6 Å². The quantitative estimate of drug-likeness (QED) is 0.351. The Labute approximate surface area is 153 Å². The number of rotatable bonds is 2. The third-order valence-electron chi connectivity index (χ3n) is 5.71. The molecule has 0 aromatic rings. The summed E-state index contributed by atoms with van der Waals surface area (Å²) in [4.78, 5) is 24.5. The summed E-state index contributed by atoms with van der Waals surface area (Å²) in [6.07, 6.45) is 2.29. The van der Waals surface area contributed by atoms with E-state index in [4.69, 9.17) is 14.2 Å². The third kappa shape index (κ3) is 3.35. The minimum absolute atomic E-state index is 0.118. The van der Waals surface area contributed by atoms with E-state index in [9.17, 15) is 14.7 Å². The molecule has 0 radical (unpaired) electrons. The minimum atomic E-state index is -0.667. The largest absolute Gasteiger partial charge is 0.458 e. The predicted octanol–water partition coefficient (Wildman–Crippen LogP) is 2.22. The lowest BCUT2D eigenvalue weighted by atomic mass is 9.82. The Morgan fingerprint density at radius 1 is 1.50 bits per heavy atom. The van der Waals surface area contributed by atoms with Crippen molar-refractivity contribution >= 4 is 11.9 Å². The first kappa shape index (κ1) is 18.9. The predicted molar refractivity (Wildman–Crippen MR) is 94.1 cm³/mol. The van der Waals surface area contributed by atoms with Crippen LogP contribution in [0.3, 0.4) is 0 Å². The van der Waals surface area contributed by atoms with Gasteiger partial charge in [-0.2, -0.15) is 0 Å². The highest BCUT2D eigenvalue weighted by Crippen LogP contribution is 2.47. The van der Waals surface area contributed by atoms with Gasteiger partial charge in [0.25, 0.3) is 0 Å². The lowest BCUT2D eigenvalue weighted by Crippen LogP contribution is -2.37. The molecule has 0 aromatic heterocycles. The number of carbonyl (C=O) groups excluding carboxylic acids is 2. The van der Waals surface area contributed by atoms with Crippen molar-refractivity contribution in [2.24, 2.45) is 5.92 Å². The fourth-order valence-corrected chi connectivity index (χ4v) is 3.70. The molecule has 2 fully saturated rings. The monoisotopic (exact) mass is 362 g/mol. The number of epoxide rings is 1. The molecular weight excluding hydrogens is 336 g/mol. The molecule has 1 aliphatic carbocycles. The fourth-order valence-electron chi connectivity index (χ4n) is 3.70. The molecule has 0 amide bonds. The Kier molecular flexibility index (Phi) is 4.84. The van der Waals surface area contributed by atoms with Crippen molar-refractivity contribution in [2.75, 3.05) is 0 Å². The van der Waals surface area contributed by atoms with Gasteiger partial charge in [-0.15, -0.1) is 0 Å². The van der Waals surface area contributed by atoms with Gasteiger partial charge in [-0.25, -0.2) is 9.59 Å². The third-order valence-corrected chi connectivity index (χ3v) is 5.71. The van der Waals surface area contributed by atoms with E-state index in [1.807, 2.05) is 6.92 Å². The zero-order valence-corrected chi connectivity index (χ0v) is 15.7. The molecule has 2 aliphatic heterocycles. The number of allylic oxidation sites excluding steroid dienone is 1. The molecule has 6 unspecified atom stereocenters. The van der Waals surface area contributed by atoms with E-state index in [2.05, 4.69) is 6.58 Å². The van der Waals surface area contributed by atoms with Crippen LogP contribution < -0.4 is 0 Å². The smallest absolute Gasteiger partial charge is 0.334 e. The Morgan fingerprint density at radius 3 is 2.85 bits per heavy atom. The second-order valence-electron chi connectivity index (χ2n) is 7.62. The van der Waals surface area contributed by atoms with Gasteiger partial charge in [0.1, 0.15) is 12.2 Å². The van der Waals surface area contributed by atoms with Crippen molar-refractivity contribution in [3.05, 3.63) is 35.5 Å². The maximum Gasteiger partial charge on any atom is 0.334 e. The van der Waals surface area contributed by atoms with Crippen LogP contribution in [-0.2, 0) is 23.8 Å². The van der Waals surface area contributed by atoms with Crippen molar-refractivity contribution in [3.8, 4) is 0 Å². The molecule has 3 rings (SSSR count). The summed E-state index contributed by atoms with van der Waals surface area (Å²) >= 11 is 0. The molecule has 0 aromatic carbocycles. The number of ether oxygens (including phenoxy) is 3. The van der Waals surface area contributed by atoms with Crippen LogP contribution in [0.25, 0.3) is 0 Å². The van der Waals surface area contributed by atoms with Crippen LogP contribution in [0.2, 0.25) is 0 Å².